The first kappa shape index (κ1) is 13.5. The summed E-state index contributed by atoms with van der Waals surface area (Å²) in [4.78, 5) is 10.6. The van der Waals surface area contributed by atoms with Crippen LogP contribution in [0.5, 0.6) is 0 Å². The van der Waals surface area contributed by atoms with E-state index in [2.05, 4.69) is 6.58 Å². The van der Waals surface area contributed by atoms with Crippen LogP contribution in [0.4, 0.5) is 0 Å². The second-order valence-electron chi connectivity index (χ2n) is 3.99. The fourth-order valence-electron chi connectivity index (χ4n) is 1.61. The summed E-state index contributed by atoms with van der Waals surface area (Å²) >= 11 is 0. The molecule has 1 aromatic carbocycles. The van der Waals surface area contributed by atoms with Gasteiger partial charge in [-0.25, -0.2) is 0 Å². The third-order valence-corrected chi connectivity index (χ3v) is 2.43. The van der Waals surface area contributed by atoms with Crippen LogP contribution >= 0.6 is 0 Å². The van der Waals surface area contributed by atoms with Crippen LogP contribution in [0.3, 0.4) is 0 Å². The molecule has 0 amide bonds. The minimum absolute atomic E-state index is 0.00807. The highest BCUT2D eigenvalue weighted by Gasteiger charge is 2.11. The van der Waals surface area contributed by atoms with Gasteiger partial charge in [-0.1, -0.05) is 36.4 Å². The average molecular weight is 234 g/mol. The van der Waals surface area contributed by atoms with E-state index in [1.807, 2.05) is 30.3 Å². The van der Waals surface area contributed by atoms with Crippen molar-refractivity contribution in [1.29, 1.82) is 0 Å². The Morgan fingerprint density at radius 2 is 2.12 bits per heavy atom. The Hall–Kier alpha value is -1.61. The molecule has 17 heavy (non-hydrogen) atoms. The van der Waals surface area contributed by atoms with Crippen LogP contribution in [0.25, 0.3) is 0 Å². The van der Waals surface area contributed by atoms with E-state index in [-0.39, 0.29) is 12.3 Å². The Morgan fingerprint density at radius 1 is 1.41 bits per heavy atom. The third-order valence-electron chi connectivity index (χ3n) is 2.43. The highest BCUT2D eigenvalue weighted by molar-refractivity contribution is 5.67. The predicted octanol–water partition coefficient (Wildman–Crippen LogP) is 2.87. The number of allylic oxidation sites excluding steroid dienone is 1. The van der Waals surface area contributed by atoms with Crippen molar-refractivity contribution in [3.8, 4) is 0 Å². The molecule has 0 bridgehead atoms. The molecule has 0 spiro atoms. The third kappa shape index (κ3) is 5.88. The van der Waals surface area contributed by atoms with Crippen molar-refractivity contribution in [3.63, 3.8) is 0 Å². The van der Waals surface area contributed by atoms with Crippen molar-refractivity contribution in [3.05, 3.63) is 48.6 Å². The van der Waals surface area contributed by atoms with Crippen LogP contribution in [-0.4, -0.2) is 17.7 Å². The number of aliphatic carboxylic acids is 1. The number of carbonyl (C=O) groups is 1. The van der Waals surface area contributed by atoms with Gasteiger partial charge >= 0.3 is 5.97 Å². The molecule has 3 nitrogen and oxygen atoms in total. The Labute approximate surface area is 102 Å². The minimum Gasteiger partial charge on any atom is -0.481 e. The van der Waals surface area contributed by atoms with E-state index in [1.165, 1.54) is 0 Å². The first-order chi connectivity index (χ1) is 8.22. The fourth-order valence-corrected chi connectivity index (χ4v) is 1.61. The normalized spacial score (nSPS) is 12.0. The Morgan fingerprint density at radius 3 is 2.71 bits per heavy atom. The maximum atomic E-state index is 10.6. The summed E-state index contributed by atoms with van der Waals surface area (Å²) in [5.41, 5.74) is 1.10. The Bertz CT molecular complexity index is 346. The molecule has 0 radical (unpaired) electrons. The van der Waals surface area contributed by atoms with Crippen LogP contribution in [0.1, 0.15) is 18.4 Å². The number of hydrogen-bond acceptors (Lipinski definition) is 2. The quantitative estimate of drug-likeness (QED) is 0.703. The summed E-state index contributed by atoms with van der Waals surface area (Å²) in [5.74, 6) is -0.783. The van der Waals surface area contributed by atoms with Gasteiger partial charge in [0.2, 0.25) is 0 Å². The van der Waals surface area contributed by atoms with Crippen molar-refractivity contribution in [1.82, 2.24) is 0 Å². The zero-order chi connectivity index (χ0) is 12.5. The topological polar surface area (TPSA) is 46.5 Å². The lowest BCUT2D eigenvalue weighted by Gasteiger charge is -2.13. The number of benzene rings is 1. The molecule has 0 fully saturated rings. The van der Waals surface area contributed by atoms with Crippen LogP contribution in [0, 0.1) is 5.92 Å². The van der Waals surface area contributed by atoms with E-state index >= 15 is 0 Å². The zero-order valence-corrected chi connectivity index (χ0v) is 9.84. The SMILES string of the molecule is C=CC[C@@H](COCc1ccccc1)CC(=O)O. The summed E-state index contributed by atoms with van der Waals surface area (Å²) < 4.78 is 5.52. The van der Waals surface area contributed by atoms with Gasteiger partial charge < -0.3 is 9.84 Å². The van der Waals surface area contributed by atoms with Crippen LogP contribution in [0.2, 0.25) is 0 Å². The number of carboxylic acids is 1. The molecule has 0 aliphatic carbocycles. The summed E-state index contributed by atoms with van der Waals surface area (Å²) in [6.07, 6.45) is 2.53. The van der Waals surface area contributed by atoms with Crippen molar-refractivity contribution in [2.24, 2.45) is 5.92 Å². The number of carboxylic acid groups (broad SMARTS) is 1. The van der Waals surface area contributed by atoms with Gasteiger partial charge in [-0.15, -0.1) is 6.58 Å². The molecule has 1 atom stereocenters. The second kappa shape index (κ2) is 7.63. The molecule has 1 rings (SSSR count). The molecule has 0 aromatic heterocycles. The minimum atomic E-state index is -0.792. The maximum absolute atomic E-state index is 10.6. The monoisotopic (exact) mass is 234 g/mol. The van der Waals surface area contributed by atoms with Gasteiger partial charge in [0.1, 0.15) is 0 Å². The van der Waals surface area contributed by atoms with Gasteiger partial charge in [-0.2, -0.15) is 0 Å². The van der Waals surface area contributed by atoms with Crippen molar-refractivity contribution in [2.45, 2.75) is 19.4 Å². The molecule has 0 saturated carbocycles. The Kier molecular flexibility index (Phi) is 6.04. The summed E-state index contributed by atoms with van der Waals surface area (Å²) in [5, 5.41) is 8.74. The van der Waals surface area contributed by atoms with Gasteiger partial charge in [0, 0.05) is 0 Å². The molecular formula is C14H18O3. The van der Waals surface area contributed by atoms with E-state index in [0.717, 1.165) is 5.56 Å². The largest absolute Gasteiger partial charge is 0.481 e. The Balaban J connectivity index is 2.31. The van der Waals surface area contributed by atoms with Crippen LogP contribution in [-0.2, 0) is 16.1 Å². The highest BCUT2D eigenvalue weighted by Crippen LogP contribution is 2.11. The van der Waals surface area contributed by atoms with Gasteiger partial charge in [-0.3, -0.25) is 4.79 Å². The van der Waals surface area contributed by atoms with Crippen molar-refractivity contribution in [2.75, 3.05) is 6.61 Å². The second-order valence-corrected chi connectivity index (χ2v) is 3.99. The average Bonchev–Trinajstić information content (AvgIpc) is 2.30. The smallest absolute Gasteiger partial charge is 0.303 e. The molecule has 92 valence electrons. The zero-order valence-electron chi connectivity index (χ0n) is 9.84. The van der Waals surface area contributed by atoms with Crippen molar-refractivity contribution >= 4 is 5.97 Å². The number of hydrogen-bond donors (Lipinski definition) is 1. The molecule has 0 heterocycles. The van der Waals surface area contributed by atoms with Crippen molar-refractivity contribution < 1.29 is 14.6 Å². The first-order valence-electron chi connectivity index (χ1n) is 5.66. The van der Waals surface area contributed by atoms with Gasteiger partial charge in [0.15, 0.2) is 0 Å². The van der Waals surface area contributed by atoms with E-state index in [0.29, 0.717) is 19.6 Å². The predicted molar refractivity (Wildman–Crippen MR) is 66.7 cm³/mol. The van der Waals surface area contributed by atoms with Crippen LogP contribution in [0.15, 0.2) is 43.0 Å². The van der Waals surface area contributed by atoms with E-state index in [1.54, 1.807) is 6.08 Å². The molecule has 1 aromatic rings. The van der Waals surface area contributed by atoms with E-state index in [4.69, 9.17) is 9.84 Å². The van der Waals surface area contributed by atoms with E-state index in [9.17, 15) is 4.79 Å². The summed E-state index contributed by atoms with van der Waals surface area (Å²) in [6.45, 7) is 4.60. The molecule has 1 N–H and O–H groups in total. The standard InChI is InChI=1S/C14H18O3/c1-2-6-13(9-14(15)16)11-17-10-12-7-4-3-5-8-12/h2-5,7-8,13H,1,6,9-11H2,(H,15,16)/t13-/m1/s1. The lowest BCUT2D eigenvalue weighted by molar-refractivity contribution is -0.138. The van der Waals surface area contributed by atoms with Gasteiger partial charge in [0.25, 0.3) is 0 Å². The summed E-state index contributed by atoms with van der Waals surface area (Å²) in [6, 6.07) is 9.84. The lowest BCUT2D eigenvalue weighted by atomic mass is 10.0. The fraction of sp³-hybridized carbons (Fsp3) is 0.357. The first-order valence-corrected chi connectivity index (χ1v) is 5.66. The van der Waals surface area contributed by atoms with Gasteiger partial charge in [0.05, 0.1) is 19.6 Å². The molecular weight excluding hydrogens is 216 g/mol. The maximum Gasteiger partial charge on any atom is 0.303 e. The van der Waals surface area contributed by atoms with Crippen LogP contribution < -0.4 is 0 Å². The number of rotatable bonds is 8. The molecule has 0 saturated heterocycles. The molecule has 0 aliphatic heterocycles. The molecule has 0 unspecified atom stereocenters. The molecule has 0 aliphatic rings. The summed E-state index contributed by atoms with van der Waals surface area (Å²) in [7, 11) is 0. The molecule has 3 heteroatoms. The lowest BCUT2D eigenvalue weighted by Crippen LogP contribution is -2.13. The highest BCUT2D eigenvalue weighted by atomic mass is 16.5. The van der Waals surface area contributed by atoms with E-state index < -0.39 is 5.97 Å². The van der Waals surface area contributed by atoms with Gasteiger partial charge in [-0.05, 0) is 17.9 Å². The number of ether oxygens (including phenoxy) is 1.